The molecule has 0 aromatic carbocycles. The molecule has 1 aliphatic rings. The molecule has 0 bridgehead atoms. The molecule has 1 fully saturated rings. The quantitative estimate of drug-likeness (QED) is 0.909. The van der Waals surface area contributed by atoms with Gasteiger partial charge >= 0.3 is 0 Å². The second kappa shape index (κ2) is 5.41. The molecule has 3 atom stereocenters. The van der Waals surface area contributed by atoms with Gasteiger partial charge in [0, 0.05) is 31.8 Å². The molecule has 3 unspecified atom stereocenters. The van der Waals surface area contributed by atoms with E-state index in [-0.39, 0.29) is 12.1 Å². The number of rotatable bonds is 4. The second-order valence-electron chi connectivity index (χ2n) is 5.54. The summed E-state index contributed by atoms with van der Waals surface area (Å²) in [5, 5.41) is 16.0. The van der Waals surface area contributed by atoms with Gasteiger partial charge in [-0.15, -0.1) is 11.3 Å². The first-order chi connectivity index (χ1) is 9.58. The maximum absolute atomic E-state index is 10.5. The van der Waals surface area contributed by atoms with E-state index >= 15 is 0 Å². The van der Waals surface area contributed by atoms with E-state index in [9.17, 15) is 5.11 Å². The summed E-state index contributed by atoms with van der Waals surface area (Å²) in [5.41, 5.74) is 1.44. The molecule has 3 heterocycles. The molecule has 2 aromatic heterocycles. The Morgan fingerprint density at radius 3 is 3.25 bits per heavy atom. The third-order valence-corrected chi connectivity index (χ3v) is 5.05. The molecule has 3 rings (SSSR count). The lowest BCUT2D eigenvalue weighted by Gasteiger charge is -2.28. The maximum Gasteiger partial charge on any atom is 0.105 e. The molecule has 1 aliphatic heterocycles. The van der Waals surface area contributed by atoms with Crippen molar-refractivity contribution in [3.63, 3.8) is 0 Å². The molecule has 0 saturated carbocycles. The molecule has 0 radical (unpaired) electrons. The van der Waals surface area contributed by atoms with E-state index in [1.165, 1.54) is 4.70 Å². The van der Waals surface area contributed by atoms with Crippen LogP contribution < -0.4 is 5.32 Å². The molecule has 2 aromatic rings. The van der Waals surface area contributed by atoms with Gasteiger partial charge in [0.2, 0.25) is 0 Å². The van der Waals surface area contributed by atoms with E-state index in [1.807, 2.05) is 19.2 Å². The van der Waals surface area contributed by atoms with Gasteiger partial charge in [-0.25, -0.2) is 0 Å². The first kappa shape index (κ1) is 13.9. The van der Waals surface area contributed by atoms with Gasteiger partial charge in [0.15, 0.2) is 0 Å². The molecular weight excluding hydrogens is 272 g/mol. The van der Waals surface area contributed by atoms with Crippen molar-refractivity contribution in [1.82, 2.24) is 10.3 Å². The van der Waals surface area contributed by atoms with Crippen LogP contribution >= 0.6 is 11.3 Å². The zero-order valence-electron chi connectivity index (χ0n) is 11.8. The summed E-state index contributed by atoms with van der Waals surface area (Å²) in [6.45, 7) is 5.20. The minimum absolute atomic E-state index is 0.111. The van der Waals surface area contributed by atoms with E-state index in [2.05, 4.69) is 28.7 Å². The number of ether oxygens (including phenoxy) is 1. The lowest BCUT2D eigenvalue weighted by atomic mass is 9.96. The van der Waals surface area contributed by atoms with Gasteiger partial charge in [-0.3, -0.25) is 4.98 Å². The topological polar surface area (TPSA) is 54.4 Å². The smallest absolute Gasteiger partial charge is 0.105 e. The van der Waals surface area contributed by atoms with Gasteiger partial charge in [0.05, 0.1) is 16.3 Å². The number of hydrogen-bond acceptors (Lipinski definition) is 5. The van der Waals surface area contributed by atoms with Crippen molar-refractivity contribution in [3.05, 3.63) is 29.3 Å². The molecule has 20 heavy (non-hydrogen) atoms. The highest BCUT2D eigenvalue weighted by molar-refractivity contribution is 7.17. The summed E-state index contributed by atoms with van der Waals surface area (Å²) in [6.07, 6.45) is 2.49. The normalized spacial score (nSPS) is 28.1. The summed E-state index contributed by atoms with van der Waals surface area (Å²) in [4.78, 5) is 4.46. The summed E-state index contributed by atoms with van der Waals surface area (Å²) < 4.78 is 6.65. The van der Waals surface area contributed by atoms with Gasteiger partial charge in [0.1, 0.15) is 5.60 Å². The van der Waals surface area contributed by atoms with Crippen LogP contribution in [0.3, 0.4) is 0 Å². The molecule has 1 saturated heterocycles. The van der Waals surface area contributed by atoms with Crippen LogP contribution in [0.5, 0.6) is 0 Å². The number of pyridine rings is 1. The Bertz CT molecular complexity index is 600. The lowest BCUT2D eigenvalue weighted by Crippen LogP contribution is -2.46. The molecule has 2 N–H and O–H groups in total. The van der Waals surface area contributed by atoms with Crippen LogP contribution in [0.1, 0.15) is 31.9 Å². The molecular formula is C15H20N2O2S. The van der Waals surface area contributed by atoms with Crippen LogP contribution in [-0.2, 0) is 4.74 Å². The predicted octanol–water partition coefficient (Wildman–Crippen LogP) is 2.49. The number of nitrogens with one attached hydrogen (secondary N) is 1. The molecule has 4 nitrogen and oxygen atoms in total. The van der Waals surface area contributed by atoms with Crippen molar-refractivity contribution in [2.24, 2.45) is 0 Å². The monoisotopic (exact) mass is 292 g/mol. The Balaban J connectivity index is 1.68. The van der Waals surface area contributed by atoms with Crippen molar-refractivity contribution in [3.8, 4) is 0 Å². The Morgan fingerprint density at radius 2 is 2.50 bits per heavy atom. The fraction of sp³-hybridized carbons (Fsp3) is 0.533. The van der Waals surface area contributed by atoms with Crippen LogP contribution in [-0.4, -0.2) is 34.9 Å². The predicted molar refractivity (Wildman–Crippen MR) is 81.0 cm³/mol. The summed E-state index contributed by atoms with van der Waals surface area (Å²) in [6, 6.07) is 4.36. The molecule has 0 aliphatic carbocycles. The van der Waals surface area contributed by atoms with Crippen molar-refractivity contribution in [2.45, 2.75) is 38.0 Å². The molecule has 0 spiro atoms. The number of thiophene rings is 1. The van der Waals surface area contributed by atoms with E-state index in [4.69, 9.17) is 4.74 Å². The SMILES string of the molecule is CC(NCC1(O)CCOC1C)c1cnc2ccsc2c1. The highest BCUT2D eigenvalue weighted by Crippen LogP contribution is 2.27. The van der Waals surface area contributed by atoms with E-state index in [1.54, 1.807) is 11.3 Å². The van der Waals surface area contributed by atoms with Crippen LogP contribution in [0.15, 0.2) is 23.7 Å². The average Bonchev–Trinajstić information content (AvgIpc) is 3.03. The maximum atomic E-state index is 10.5. The van der Waals surface area contributed by atoms with E-state index in [0.717, 1.165) is 11.1 Å². The average molecular weight is 292 g/mol. The lowest BCUT2D eigenvalue weighted by molar-refractivity contribution is -0.0274. The minimum Gasteiger partial charge on any atom is -0.386 e. The minimum atomic E-state index is -0.755. The van der Waals surface area contributed by atoms with Crippen LogP contribution in [0.2, 0.25) is 0 Å². The zero-order valence-corrected chi connectivity index (χ0v) is 12.6. The number of aliphatic hydroxyl groups is 1. The number of fused-ring (bicyclic) bond motifs is 1. The van der Waals surface area contributed by atoms with Crippen LogP contribution in [0.25, 0.3) is 10.2 Å². The number of aromatic nitrogens is 1. The number of nitrogens with zero attached hydrogens (tertiary/aromatic N) is 1. The summed E-state index contributed by atoms with van der Waals surface area (Å²) >= 11 is 1.70. The summed E-state index contributed by atoms with van der Waals surface area (Å²) in [5.74, 6) is 0. The van der Waals surface area contributed by atoms with Gasteiger partial charge in [-0.1, -0.05) is 0 Å². The number of hydrogen-bond donors (Lipinski definition) is 2. The van der Waals surface area contributed by atoms with E-state index in [0.29, 0.717) is 19.6 Å². The third-order valence-electron chi connectivity index (χ3n) is 4.20. The van der Waals surface area contributed by atoms with Crippen molar-refractivity contribution < 1.29 is 9.84 Å². The fourth-order valence-corrected chi connectivity index (χ4v) is 3.34. The first-order valence-electron chi connectivity index (χ1n) is 6.99. The van der Waals surface area contributed by atoms with Gasteiger partial charge in [0.25, 0.3) is 0 Å². The van der Waals surface area contributed by atoms with E-state index < -0.39 is 5.60 Å². The largest absolute Gasteiger partial charge is 0.386 e. The van der Waals surface area contributed by atoms with Crippen LogP contribution in [0, 0.1) is 0 Å². The van der Waals surface area contributed by atoms with Gasteiger partial charge in [-0.05, 0) is 36.9 Å². The molecule has 5 heteroatoms. The summed E-state index contributed by atoms with van der Waals surface area (Å²) in [7, 11) is 0. The highest BCUT2D eigenvalue weighted by atomic mass is 32.1. The van der Waals surface area contributed by atoms with Crippen LogP contribution in [0.4, 0.5) is 0 Å². The Morgan fingerprint density at radius 1 is 1.65 bits per heavy atom. The Kier molecular flexibility index (Phi) is 3.77. The first-order valence-corrected chi connectivity index (χ1v) is 7.87. The third kappa shape index (κ3) is 2.59. The van der Waals surface area contributed by atoms with Gasteiger partial charge in [-0.2, -0.15) is 0 Å². The second-order valence-corrected chi connectivity index (χ2v) is 6.49. The van der Waals surface area contributed by atoms with Crippen molar-refractivity contribution >= 4 is 21.6 Å². The fourth-order valence-electron chi connectivity index (χ4n) is 2.55. The molecule has 108 valence electrons. The highest BCUT2D eigenvalue weighted by Gasteiger charge is 2.39. The standard InChI is InChI=1S/C15H20N2O2S/c1-10(17-9-15(18)4-5-19-11(15)2)12-7-14-13(16-8-12)3-6-20-14/h3,6-8,10-11,17-18H,4-5,9H2,1-2H3. The zero-order chi connectivity index (χ0) is 14.2. The van der Waals surface area contributed by atoms with Crippen molar-refractivity contribution in [1.29, 1.82) is 0 Å². The van der Waals surface area contributed by atoms with Gasteiger partial charge < -0.3 is 15.2 Å². The Labute approximate surface area is 122 Å². The Hall–Kier alpha value is -1.01. The van der Waals surface area contributed by atoms with Crippen molar-refractivity contribution in [2.75, 3.05) is 13.2 Å². The molecule has 0 amide bonds.